The van der Waals surface area contributed by atoms with Gasteiger partial charge in [0.2, 0.25) is 5.90 Å². The molecule has 0 N–H and O–H groups in total. The quantitative estimate of drug-likeness (QED) is 0.465. The minimum Gasteiger partial charge on any atom is -0.490 e. The van der Waals surface area contributed by atoms with Gasteiger partial charge >= 0.3 is 5.97 Å². The van der Waals surface area contributed by atoms with Gasteiger partial charge in [-0.2, -0.15) is 0 Å². The molecule has 5 heteroatoms. The van der Waals surface area contributed by atoms with Crippen LogP contribution in [0.1, 0.15) is 11.1 Å². The summed E-state index contributed by atoms with van der Waals surface area (Å²) in [6, 6.07) is 14.3. The van der Waals surface area contributed by atoms with Crippen LogP contribution in [0.2, 0.25) is 5.02 Å². The largest absolute Gasteiger partial charge is 0.490 e. The second-order valence-corrected chi connectivity index (χ2v) is 5.45. The lowest BCUT2D eigenvalue weighted by Crippen LogP contribution is -2.05. The van der Waals surface area contributed by atoms with Crippen LogP contribution >= 0.6 is 11.6 Å². The molecule has 0 atom stereocenters. The van der Waals surface area contributed by atoms with Gasteiger partial charge in [-0.05, 0) is 48.0 Å². The predicted octanol–water partition coefficient (Wildman–Crippen LogP) is 4.25. The van der Waals surface area contributed by atoms with Crippen LogP contribution in [-0.4, -0.2) is 18.5 Å². The molecule has 0 saturated carbocycles. The molecule has 24 heavy (non-hydrogen) atoms. The summed E-state index contributed by atoms with van der Waals surface area (Å²) in [5.74, 6) is 0.469. The van der Waals surface area contributed by atoms with Gasteiger partial charge in [-0.1, -0.05) is 36.4 Å². The highest BCUT2D eigenvalue weighted by molar-refractivity contribution is 6.30. The SMILES string of the molecule is C=CCOc1cccc(/C=C2\N=C(c3ccc(Cl)cc3)OC2=O)c1. The molecule has 0 unspecified atom stereocenters. The summed E-state index contributed by atoms with van der Waals surface area (Å²) < 4.78 is 10.7. The predicted molar refractivity (Wildman–Crippen MR) is 94.2 cm³/mol. The van der Waals surface area contributed by atoms with Gasteiger partial charge in [-0.25, -0.2) is 9.79 Å². The normalized spacial score (nSPS) is 15.1. The minimum absolute atomic E-state index is 0.237. The smallest absolute Gasteiger partial charge is 0.363 e. The molecule has 120 valence electrons. The number of hydrogen-bond acceptors (Lipinski definition) is 4. The van der Waals surface area contributed by atoms with E-state index in [2.05, 4.69) is 11.6 Å². The molecule has 0 aliphatic carbocycles. The van der Waals surface area contributed by atoms with Gasteiger partial charge < -0.3 is 9.47 Å². The van der Waals surface area contributed by atoms with Crippen molar-refractivity contribution in [3.63, 3.8) is 0 Å². The Hall–Kier alpha value is -2.85. The van der Waals surface area contributed by atoms with Crippen LogP contribution in [0.4, 0.5) is 0 Å². The van der Waals surface area contributed by atoms with Gasteiger partial charge in [0.15, 0.2) is 5.70 Å². The van der Waals surface area contributed by atoms with Crippen molar-refractivity contribution in [3.05, 3.63) is 83.0 Å². The monoisotopic (exact) mass is 339 g/mol. The van der Waals surface area contributed by atoms with Crippen molar-refractivity contribution in [1.29, 1.82) is 0 Å². The maximum Gasteiger partial charge on any atom is 0.363 e. The van der Waals surface area contributed by atoms with Crippen molar-refractivity contribution < 1.29 is 14.3 Å². The molecule has 2 aromatic carbocycles. The van der Waals surface area contributed by atoms with E-state index in [1.807, 2.05) is 24.3 Å². The summed E-state index contributed by atoms with van der Waals surface area (Å²) in [4.78, 5) is 16.3. The van der Waals surface area contributed by atoms with Gasteiger partial charge in [-0.3, -0.25) is 0 Å². The third-order valence-electron chi connectivity index (χ3n) is 3.24. The second-order valence-electron chi connectivity index (χ2n) is 5.02. The Morgan fingerprint density at radius 2 is 2.00 bits per heavy atom. The number of rotatable bonds is 5. The number of esters is 1. The van der Waals surface area contributed by atoms with Crippen molar-refractivity contribution >= 4 is 29.5 Å². The number of nitrogens with zero attached hydrogens (tertiary/aromatic N) is 1. The number of ether oxygens (including phenoxy) is 2. The zero-order valence-electron chi connectivity index (χ0n) is 12.7. The van der Waals surface area contributed by atoms with Gasteiger partial charge in [0, 0.05) is 10.6 Å². The third-order valence-corrected chi connectivity index (χ3v) is 3.49. The van der Waals surface area contributed by atoms with Crippen LogP contribution in [0.3, 0.4) is 0 Å². The molecule has 4 nitrogen and oxygen atoms in total. The molecule has 0 fully saturated rings. The Bertz CT molecular complexity index is 838. The Balaban J connectivity index is 1.85. The first-order chi connectivity index (χ1) is 11.7. The van der Waals surface area contributed by atoms with Crippen LogP contribution in [0.25, 0.3) is 6.08 Å². The Kier molecular flexibility index (Phi) is 4.77. The molecule has 1 aliphatic rings. The molecular formula is C19H14ClNO3. The molecule has 0 saturated heterocycles. The Morgan fingerprint density at radius 3 is 2.75 bits per heavy atom. The van der Waals surface area contributed by atoms with Crippen LogP contribution in [-0.2, 0) is 9.53 Å². The second kappa shape index (κ2) is 7.15. The van der Waals surface area contributed by atoms with Gasteiger partial charge in [0.05, 0.1) is 0 Å². The van der Waals surface area contributed by atoms with Crippen molar-refractivity contribution in [2.75, 3.05) is 6.61 Å². The highest BCUT2D eigenvalue weighted by atomic mass is 35.5. The fraction of sp³-hybridized carbons (Fsp3) is 0.0526. The standard InChI is InChI=1S/C19H14ClNO3/c1-2-10-23-16-5-3-4-13(11-16)12-17-19(22)24-18(21-17)14-6-8-15(20)9-7-14/h2-9,11-12H,1,10H2/b17-12-. The van der Waals surface area contributed by atoms with E-state index in [4.69, 9.17) is 21.1 Å². The van der Waals surface area contributed by atoms with E-state index in [9.17, 15) is 4.79 Å². The van der Waals surface area contributed by atoms with Crippen molar-refractivity contribution in [3.8, 4) is 5.75 Å². The summed E-state index contributed by atoms with van der Waals surface area (Å²) in [5.41, 5.74) is 1.73. The van der Waals surface area contributed by atoms with Crippen molar-refractivity contribution in [1.82, 2.24) is 0 Å². The molecule has 0 aromatic heterocycles. The molecule has 1 heterocycles. The first-order valence-electron chi connectivity index (χ1n) is 7.28. The summed E-state index contributed by atoms with van der Waals surface area (Å²) in [7, 11) is 0. The minimum atomic E-state index is -0.489. The molecule has 0 spiro atoms. The highest BCUT2D eigenvalue weighted by Gasteiger charge is 2.24. The highest BCUT2D eigenvalue weighted by Crippen LogP contribution is 2.22. The lowest BCUT2D eigenvalue weighted by molar-refractivity contribution is -0.129. The zero-order valence-corrected chi connectivity index (χ0v) is 13.5. The lowest BCUT2D eigenvalue weighted by Gasteiger charge is -2.03. The average molecular weight is 340 g/mol. The Labute approximate surface area is 144 Å². The summed E-state index contributed by atoms with van der Waals surface area (Å²) >= 11 is 5.86. The molecule has 0 radical (unpaired) electrons. The molecule has 2 aromatic rings. The van der Waals surface area contributed by atoms with Crippen LogP contribution in [0.15, 0.2) is 71.9 Å². The van der Waals surface area contributed by atoms with E-state index in [0.717, 1.165) is 5.56 Å². The maximum atomic E-state index is 12.0. The molecule has 1 aliphatic heterocycles. The van der Waals surface area contributed by atoms with Gasteiger partial charge in [-0.15, -0.1) is 0 Å². The average Bonchev–Trinajstić information content (AvgIpc) is 2.95. The number of halogens is 1. The van der Waals surface area contributed by atoms with Gasteiger partial charge in [0.1, 0.15) is 12.4 Å². The molecule has 0 amide bonds. The summed E-state index contributed by atoms with van der Waals surface area (Å²) in [6.45, 7) is 4.03. The number of carbonyl (C=O) groups excluding carboxylic acids is 1. The first kappa shape index (κ1) is 16.0. The van der Waals surface area contributed by atoms with Crippen LogP contribution < -0.4 is 4.74 Å². The number of aliphatic imine (C=N–C) groups is 1. The van der Waals surface area contributed by atoms with E-state index >= 15 is 0 Å². The zero-order chi connectivity index (χ0) is 16.9. The van der Waals surface area contributed by atoms with Crippen molar-refractivity contribution in [2.45, 2.75) is 0 Å². The molecule has 3 rings (SSSR count). The first-order valence-corrected chi connectivity index (χ1v) is 7.66. The lowest BCUT2D eigenvalue weighted by atomic mass is 10.2. The fourth-order valence-electron chi connectivity index (χ4n) is 2.13. The number of benzene rings is 2. The number of cyclic esters (lactones) is 1. The van der Waals surface area contributed by atoms with E-state index in [0.29, 0.717) is 22.9 Å². The summed E-state index contributed by atoms with van der Waals surface area (Å²) in [5, 5.41) is 0.607. The topological polar surface area (TPSA) is 47.9 Å². The Morgan fingerprint density at radius 1 is 1.21 bits per heavy atom. The maximum absolute atomic E-state index is 12.0. The number of carbonyl (C=O) groups is 1. The molecule has 0 bridgehead atoms. The van der Waals surface area contributed by atoms with E-state index < -0.39 is 5.97 Å². The van der Waals surface area contributed by atoms with E-state index in [1.54, 1.807) is 36.4 Å². The van der Waals surface area contributed by atoms with Gasteiger partial charge in [0.25, 0.3) is 0 Å². The van der Waals surface area contributed by atoms with Crippen LogP contribution in [0.5, 0.6) is 5.75 Å². The van der Waals surface area contributed by atoms with Crippen LogP contribution in [0, 0.1) is 0 Å². The van der Waals surface area contributed by atoms with Crippen molar-refractivity contribution in [2.24, 2.45) is 4.99 Å². The molecular weight excluding hydrogens is 326 g/mol. The van der Waals surface area contributed by atoms with E-state index in [-0.39, 0.29) is 11.6 Å². The summed E-state index contributed by atoms with van der Waals surface area (Å²) in [6.07, 6.45) is 3.33. The number of hydrogen-bond donors (Lipinski definition) is 0. The fourth-order valence-corrected chi connectivity index (χ4v) is 2.26. The third kappa shape index (κ3) is 3.73. The van der Waals surface area contributed by atoms with E-state index in [1.165, 1.54) is 0 Å².